The van der Waals surface area contributed by atoms with E-state index in [0.717, 1.165) is 0 Å². The van der Waals surface area contributed by atoms with E-state index in [1.807, 2.05) is 0 Å². The van der Waals surface area contributed by atoms with Gasteiger partial charge in [0.05, 0.1) is 18.8 Å². The van der Waals surface area contributed by atoms with Crippen LogP contribution in [-0.4, -0.2) is 58.8 Å². The summed E-state index contributed by atoms with van der Waals surface area (Å²) in [6.45, 7) is -0.0368. The van der Waals surface area contributed by atoms with Crippen molar-refractivity contribution in [3.05, 3.63) is 34.9 Å². The summed E-state index contributed by atoms with van der Waals surface area (Å²) in [6.07, 6.45) is -1.86. The minimum atomic E-state index is -0.928. The number of aliphatic hydroxyl groups excluding tert-OH is 2. The zero-order chi connectivity index (χ0) is 14.7. The monoisotopic (exact) mass is 298 g/mol. The van der Waals surface area contributed by atoms with E-state index in [1.54, 1.807) is 18.2 Å². The number of likely N-dealkylation sites (tertiary alicyclic amines) is 1. The van der Waals surface area contributed by atoms with Crippen molar-refractivity contribution in [2.75, 3.05) is 19.6 Å². The van der Waals surface area contributed by atoms with Crippen LogP contribution < -0.4 is 5.32 Å². The van der Waals surface area contributed by atoms with Crippen LogP contribution in [0.4, 0.5) is 0 Å². The standard InChI is InChI=1S/C13H15ClN2O4/c14-9-3-1-2-8(4-9)13(20)15-5-12(19)16-6-10(17)11(18)7-16/h1-4,10-11,17-18H,5-7H2,(H,15,20)/t10-,11+. The molecule has 108 valence electrons. The fraction of sp³-hybridized carbons (Fsp3) is 0.385. The van der Waals surface area contributed by atoms with Gasteiger partial charge in [-0.1, -0.05) is 17.7 Å². The van der Waals surface area contributed by atoms with E-state index in [1.165, 1.54) is 11.0 Å². The topological polar surface area (TPSA) is 89.9 Å². The second kappa shape index (κ2) is 6.21. The van der Waals surface area contributed by atoms with Crippen molar-refractivity contribution in [3.8, 4) is 0 Å². The predicted octanol–water partition coefficient (Wildman–Crippen LogP) is -0.366. The minimum Gasteiger partial charge on any atom is -0.388 e. The molecule has 1 heterocycles. The average Bonchev–Trinajstić information content (AvgIpc) is 2.76. The Morgan fingerprint density at radius 2 is 1.95 bits per heavy atom. The van der Waals surface area contributed by atoms with E-state index in [-0.39, 0.29) is 25.5 Å². The van der Waals surface area contributed by atoms with Gasteiger partial charge in [-0.2, -0.15) is 0 Å². The van der Waals surface area contributed by atoms with Crippen LogP contribution in [0.15, 0.2) is 24.3 Å². The van der Waals surface area contributed by atoms with E-state index in [0.29, 0.717) is 10.6 Å². The number of β-amino-alcohol motifs (C(OH)–C–C–N with tert-alkyl or cyclic N) is 2. The van der Waals surface area contributed by atoms with E-state index in [4.69, 9.17) is 11.6 Å². The zero-order valence-corrected chi connectivity index (χ0v) is 11.4. The number of hydrogen-bond donors (Lipinski definition) is 3. The second-order valence-corrected chi connectivity index (χ2v) is 5.06. The van der Waals surface area contributed by atoms with Gasteiger partial charge in [-0.05, 0) is 18.2 Å². The van der Waals surface area contributed by atoms with E-state index < -0.39 is 18.1 Å². The number of carbonyl (C=O) groups excluding carboxylic acids is 2. The number of amides is 2. The number of nitrogens with zero attached hydrogens (tertiary/aromatic N) is 1. The van der Waals surface area contributed by atoms with Crippen molar-refractivity contribution in [2.24, 2.45) is 0 Å². The van der Waals surface area contributed by atoms with Gasteiger partial charge >= 0.3 is 0 Å². The van der Waals surface area contributed by atoms with E-state index >= 15 is 0 Å². The Kier molecular flexibility index (Phi) is 4.59. The van der Waals surface area contributed by atoms with Crippen LogP contribution >= 0.6 is 11.6 Å². The molecule has 7 heteroatoms. The van der Waals surface area contributed by atoms with Gasteiger partial charge in [0.1, 0.15) is 0 Å². The van der Waals surface area contributed by atoms with Crippen molar-refractivity contribution in [1.82, 2.24) is 10.2 Å². The van der Waals surface area contributed by atoms with Crippen molar-refractivity contribution in [2.45, 2.75) is 12.2 Å². The van der Waals surface area contributed by atoms with Crippen LogP contribution in [0, 0.1) is 0 Å². The maximum absolute atomic E-state index is 11.8. The number of halogens is 1. The molecule has 0 aromatic heterocycles. The fourth-order valence-electron chi connectivity index (χ4n) is 1.97. The van der Waals surface area contributed by atoms with Crippen LogP contribution in [-0.2, 0) is 4.79 Å². The number of aliphatic hydroxyl groups is 2. The highest BCUT2D eigenvalue weighted by Gasteiger charge is 2.32. The molecule has 3 N–H and O–H groups in total. The summed E-state index contributed by atoms with van der Waals surface area (Å²) in [6, 6.07) is 6.39. The lowest BCUT2D eigenvalue weighted by Crippen LogP contribution is -2.39. The molecule has 0 spiro atoms. The van der Waals surface area contributed by atoms with E-state index in [2.05, 4.69) is 5.32 Å². The quantitative estimate of drug-likeness (QED) is 0.710. The molecule has 0 bridgehead atoms. The lowest BCUT2D eigenvalue weighted by atomic mass is 10.2. The number of benzene rings is 1. The lowest BCUT2D eigenvalue weighted by molar-refractivity contribution is -0.129. The third kappa shape index (κ3) is 3.47. The smallest absolute Gasteiger partial charge is 0.251 e. The first-order valence-corrected chi connectivity index (χ1v) is 6.53. The summed E-state index contributed by atoms with van der Waals surface area (Å²) < 4.78 is 0. The molecule has 0 radical (unpaired) electrons. The maximum Gasteiger partial charge on any atom is 0.251 e. The summed E-state index contributed by atoms with van der Waals surface area (Å²) in [5, 5.41) is 21.6. The lowest BCUT2D eigenvalue weighted by Gasteiger charge is -2.15. The molecular weight excluding hydrogens is 284 g/mol. The summed E-state index contributed by atoms with van der Waals surface area (Å²) in [5.74, 6) is -0.753. The molecule has 0 unspecified atom stereocenters. The molecule has 1 aliphatic rings. The highest BCUT2D eigenvalue weighted by Crippen LogP contribution is 2.11. The van der Waals surface area contributed by atoms with Gasteiger partial charge in [0.2, 0.25) is 5.91 Å². The molecule has 2 amide bonds. The van der Waals surface area contributed by atoms with Gasteiger partial charge < -0.3 is 20.4 Å². The molecular formula is C13H15ClN2O4. The molecule has 1 saturated heterocycles. The highest BCUT2D eigenvalue weighted by molar-refractivity contribution is 6.30. The molecule has 1 fully saturated rings. The number of nitrogens with one attached hydrogen (secondary N) is 1. The van der Waals surface area contributed by atoms with E-state index in [9.17, 15) is 19.8 Å². The van der Waals surface area contributed by atoms with Gasteiger partial charge in [-0.3, -0.25) is 9.59 Å². The van der Waals surface area contributed by atoms with Gasteiger partial charge in [0.15, 0.2) is 0 Å². The van der Waals surface area contributed by atoms with Gasteiger partial charge in [-0.25, -0.2) is 0 Å². The molecule has 1 aromatic rings. The first-order chi connectivity index (χ1) is 9.47. The van der Waals surface area contributed by atoms with Gasteiger partial charge in [0, 0.05) is 23.7 Å². The Labute approximate surface area is 121 Å². The molecule has 6 nitrogen and oxygen atoms in total. The Hall–Kier alpha value is -1.63. The van der Waals surface area contributed by atoms with Crippen molar-refractivity contribution in [3.63, 3.8) is 0 Å². The van der Waals surface area contributed by atoms with Crippen LogP contribution in [0.25, 0.3) is 0 Å². The Balaban J connectivity index is 1.86. The van der Waals surface area contributed by atoms with Crippen LogP contribution in [0.5, 0.6) is 0 Å². The molecule has 2 rings (SSSR count). The minimum absolute atomic E-state index is 0.0764. The molecule has 2 atom stereocenters. The first-order valence-electron chi connectivity index (χ1n) is 6.15. The molecule has 0 aliphatic carbocycles. The van der Waals surface area contributed by atoms with Gasteiger partial charge in [-0.15, -0.1) is 0 Å². The summed E-state index contributed by atoms with van der Waals surface area (Å²) in [4.78, 5) is 24.9. The van der Waals surface area contributed by atoms with Crippen LogP contribution in [0.2, 0.25) is 5.02 Å². The fourth-order valence-corrected chi connectivity index (χ4v) is 2.16. The normalized spacial score (nSPS) is 21.9. The zero-order valence-electron chi connectivity index (χ0n) is 10.6. The van der Waals surface area contributed by atoms with Gasteiger partial charge in [0.25, 0.3) is 5.91 Å². The molecule has 1 aromatic carbocycles. The third-order valence-corrected chi connectivity index (χ3v) is 3.33. The maximum atomic E-state index is 11.8. The highest BCUT2D eigenvalue weighted by atomic mass is 35.5. The molecule has 20 heavy (non-hydrogen) atoms. The summed E-state index contributed by atoms with van der Waals surface area (Å²) >= 11 is 5.78. The van der Waals surface area contributed by atoms with Crippen LogP contribution in [0.3, 0.4) is 0 Å². The van der Waals surface area contributed by atoms with Crippen LogP contribution in [0.1, 0.15) is 10.4 Å². The molecule has 1 aliphatic heterocycles. The number of hydrogen-bond acceptors (Lipinski definition) is 4. The second-order valence-electron chi connectivity index (χ2n) is 4.63. The summed E-state index contributed by atoms with van der Waals surface area (Å²) in [7, 11) is 0. The average molecular weight is 299 g/mol. The van der Waals surface area contributed by atoms with Crippen molar-refractivity contribution in [1.29, 1.82) is 0 Å². The Bertz CT molecular complexity index is 513. The predicted molar refractivity (Wildman–Crippen MR) is 72.4 cm³/mol. The number of carbonyl (C=O) groups is 2. The molecule has 0 saturated carbocycles. The third-order valence-electron chi connectivity index (χ3n) is 3.10. The number of rotatable bonds is 3. The Morgan fingerprint density at radius 3 is 2.55 bits per heavy atom. The Morgan fingerprint density at radius 1 is 1.30 bits per heavy atom. The first kappa shape index (κ1) is 14.8. The largest absolute Gasteiger partial charge is 0.388 e. The van der Waals surface area contributed by atoms with Crippen molar-refractivity contribution >= 4 is 23.4 Å². The SMILES string of the molecule is O=C(NCC(=O)N1C[C@@H](O)[C@@H](O)C1)c1cccc(Cl)c1. The van der Waals surface area contributed by atoms with Crippen molar-refractivity contribution < 1.29 is 19.8 Å². The summed E-state index contributed by atoms with van der Waals surface area (Å²) in [5.41, 5.74) is 0.367.